The highest BCUT2D eigenvalue weighted by Crippen LogP contribution is 2.20. The van der Waals surface area contributed by atoms with Crippen LogP contribution in [0.1, 0.15) is 21.9 Å². The molecule has 0 radical (unpaired) electrons. The van der Waals surface area contributed by atoms with Crippen molar-refractivity contribution in [3.8, 4) is 0 Å². The first-order chi connectivity index (χ1) is 8.06. The number of carbonyl (C=O) groups is 1. The van der Waals surface area contributed by atoms with Crippen molar-refractivity contribution in [2.24, 2.45) is 0 Å². The number of nitrogens with one attached hydrogen (secondary N) is 1. The third kappa shape index (κ3) is 2.65. The standard InChI is InChI=1S/C12H11ClN2O2/c1-7-5-9(13)3-4-10(7)15-12(16)11-6-17-8(2)14-11/h3-6H,1-2H3,(H,15,16). The van der Waals surface area contributed by atoms with Gasteiger partial charge in [0.1, 0.15) is 6.26 Å². The molecule has 2 aromatic rings. The Hall–Kier alpha value is -1.81. The van der Waals surface area contributed by atoms with Gasteiger partial charge < -0.3 is 9.73 Å². The molecule has 0 saturated heterocycles. The van der Waals surface area contributed by atoms with Gasteiger partial charge in [0.2, 0.25) is 0 Å². The molecule has 0 spiro atoms. The molecule has 0 aliphatic heterocycles. The third-order valence-electron chi connectivity index (χ3n) is 2.29. The van der Waals surface area contributed by atoms with E-state index in [1.807, 2.05) is 6.92 Å². The molecule has 0 aliphatic rings. The van der Waals surface area contributed by atoms with Crippen LogP contribution in [-0.4, -0.2) is 10.9 Å². The van der Waals surface area contributed by atoms with E-state index in [4.69, 9.17) is 16.0 Å². The average molecular weight is 251 g/mol. The van der Waals surface area contributed by atoms with Crippen molar-refractivity contribution in [3.05, 3.63) is 46.6 Å². The lowest BCUT2D eigenvalue weighted by Crippen LogP contribution is -2.13. The number of halogens is 1. The van der Waals surface area contributed by atoms with Crippen molar-refractivity contribution in [2.45, 2.75) is 13.8 Å². The minimum atomic E-state index is -0.299. The van der Waals surface area contributed by atoms with Crippen LogP contribution in [0, 0.1) is 13.8 Å². The number of aromatic nitrogens is 1. The Labute approximate surface area is 104 Å². The summed E-state index contributed by atoms with van der Waals surface area (Å²) in [5.74, 6) is 0.162. The van der Waals surface area contributed by atoms with E-state index < -0.39 is 0 Å². The van der Waals surface area contributed by atoms with Crippen molar-refractivity contribution >= 4 is 23.2 Å². The van der Waals surface area contributed by atoms with Gasteiger partial charge in [-0.15, -0.1) is 0 Å². The molecule has 0 atom stereocenters. The summed E-state index contributed by atoms with van der Waals surface area (Å²) in [7, 11) is 0. The van der Waals surface area contributed by atoms with Gasteiger partial charge >= 0.3 is 0 Å². The van der Waals surface area contributed by atoms with Crippen LogP contribution in [0.4, 0.5) is 5.69 Å². The summed E-state index contributed by atoms with van der Waals surface area (Å²) in [6.45, 7) is 3.56. The fourth-order valence-electron chi connectivity index (χ4n) is 1.42. The fraction of sp³-hybridized carbons (Fsp3) is 0.167. The Morgan fingerprint density at radius 2 is 2.18 bits per heavy atom. The molecule has 2 rings (SSSR count). The monoisotopic (exact) mass is 250 g/mol. The summed E-state index contributed by atoms with van der Waals surface area (Å²) < 4.78 is 4.98. The number of amides is 1. The molecule has 17 heavy (non-hydrogen) atoms. The highest BCUT2D eigenvalue weighted by atomic mass is 35.5. The number of benzene rings is 1. The number of hydrogen-bond acceptors (Lipinski definition) is 3. The third-order valence-corrected chi connectivity index (χ3v) is 2.52. The lowest BCUT2D eigenvalue weighted by Gasteiger charge is -2.06. The smallest absolute Gasteiger partial charge is 0.277 e. The van der Waals surface area contributed by atoms with Crippen LogP contribution in [0.5, 0.6) is 0 Å². The number of rotatable bonds is 2. The zero-order valence-electron chi connectivity index (χ0n) is 9.45. The summed E-state index contributed by atoms with van der Waals surface area (Å²) in [5, 5.41) is 3.38. The van der Waals surface area contributed by atoms with Crippen LogP contribution < -0.4 is 5.32 Å². The average Bonchev–Trinajstić information content (AvgIpc) is 2.69. The molecule has 5 heteroatoms. The molecule has 1 heterocycles. The molecule has 0 fully saturated rings. The van der Waals surface area contributed by atoms with Gasteiger partial charge in [-0.05, 0) is 30.7 Å². The number of oxazole rings is 1. The molecule has 4 nitrogen and oxygen atoms in total. The van der Waals surface area contributed by atoms with Crippen molar-refractivity contribution < 1.29 is 9.21 Å². The van der Waals surface area contributed by atoms with Gasteiger partial charge in [0.15, 0.2) is 11.6 Å². The second kappa shape index (κ2) is 4.59. The van der Waals surface area contributed by atoms with Gasteiger partial charge in [0.05, 0.1) is 0 Å². The van der Waals surface area contributed by atoms with E-state index in [1.54, 1.807) is 25.1 Å². The van der Waals surface area contributed by atoms with E-state index in [-0.39, 0.29) is 11.6 Å². The van der Waals surface area contributed by atoms with Gasteiger partial charge in [-0.3, -0.25) is 4.79 Å². The molecule has 0 unspecified atom stereocenters. The first kappa shape index (κ1) is 11.7. The number of carbonyl (C=O) groups excluding carboxylic acids is 1. The molecule has 88 valence electrons. The maximum absolute atomic E-state index is 11.8. The van der Waals surface area contributed by atoms with Gasteiger partial charge in [0.25, 0.3) is 5.91 Å². The predicted molar refractivity (Wildman–Crippen MR) is 65.4 cm³/mol. The zero-order valence-corrected chi connectivity index (χ0v) is 10.2. The summed E-state index contributed by atoms with van der Waals surface area (Å²) in [6, 6.07) is 5.26. The Balaban J connectivity index is 2.18. The van der Waals surface area contributed by atoms with E-state index in [1.165, 1.54) is 6.26 Å². The van der Waals surface area contributed by atoms with Crippen LogP contribution in [-0.2, 0) is 0 Å². The summed E-state index contributed by atoms with van der Waals surface area (Å²) >= 11 is 5.83. The number of anilines is 1. The van der Waals surface area contributed by atoms with Crippen molar-refractivity contribution in [1.29, 1.82) is 0 Å². The maximum atomic E-state index is 11.8. The van der Waals surface area contributed by atoms with Crippen LogP contribution >= 0.6 is 11.6 Å². The van der Waals surface area contributed by atoms with Gasteiger partial charge in [-0.2, -0.15) is 0 Å². The molecule has 0 bridgehead atoms. The molecule has 1 aromatic heterocycles. The molecular formula is C12H11ClN2O2. The Morgan fingerprint density at radius 3 is 2.76 bits per heavy atom. The number of hydrogen-bond donors (Lipinski definition) is 1. The highest BCUT2D eigenvalue weighted by Gasteiger charge is 2.11. The van der Waals surface area contributed by atoms with E-state index in [0.29, 0.717) is 16.6 Å². The molecule has 1 aromatic carbocycles. The molecular weight excluding hydrogens is 240 g/mol. The largest absolute Gasteiger partial charge is 0.448 e. The molecule has 0 aliphatic carbocycles. The second-order valence-corrected chi connectivity index (χ2v) is 4.10. The first-order valence-electron chi connectivity index (χ1n) is 5.06. The van der Waals surface area contributed by atoms with Crippen molar-refractivity contribution in [1.82, 2.24) is 4.98 Å². The maximum Gasteiger partial charge on any atom is 0.277 e. The number of aryl methyl sites for hydroxylation is 2. The lowest BCUT2D eigenvalue weighted by molar-refractivity contribution is 0.102. The Bertz CT molecular complexity index is 563. The fourth-order valence-corrected chi connectivity index (χ4v) is 1.65. The molecule has 1 amide bonds. The summed E-state index contributed by atoms with van der Waals surface area (Å²) in [5.41, 5.74) is 1.86. The van der Waals surface area contributed by atoms with Crippen LogP contribution in [0.15, 0.2) is 28.9 Å². The normalized spacial score (nSPS) is 10.3. The van der Waals surface area contributed by atoms with Gasteiger partial charge in [-0.1, -0.05) is 11.6 Å². The second-order valence-electron chi connectivity index (χ2n) is 3.67. The lowest BCUT2D eigenvalue weighted by atomic mass is 10.2. The minimum absolute atomic E-state index is 0.261. The molecule has 0 saturated carbocycles. The van der Waals surface area contributed by atoms with Crippen LogP contribution in [0.25, 0.3) is 0 Å². The molecule has 1 N–H and O–H groups in total. The minimum Gasteiger partial charge on any atom is -0.448 e. The number of nitrogens with zero attached hydrogens (tertiary/aromatic N) is 1. The van der Waals surface area contributed by atoms with Crippen LogP contribution in [0.2, 0.25) is 5.02 Å². The zero-order chi connectivity index (χ0) is 12.4. The Kier molecular flexibility index (Phi) is 3.15. The Morgan fingerprint density at radius 1 is 1.41 bits per heavy atom. The summed E-state index contributed by atoms with van der Waals surface area (Å²) in [4.78, 5) is 15.7. The highest BCUT2D eigenvalue weighted by molar-refractivity contribution is 6.30. The van der Waals surface area contributed by atoms with Gasteiger partial charge in [-0.25, -0.2) is 4.98 Å². The predicted octanol–water partition coefficient (Wildman–Crippen LogP) is 3.20. The van der Waals surface area contributed by atoms with Gasteiger partial charge in [0, 0.05) is 17.6 Å². The first-order valence-corrected chi connectivity index (χ1v) is 5.43. The SMILES string of the molecule is Cc1nc(C(=O)Nc2ccc(Cl)cc2C)co1. The van der Waals surface area contributed by atoms with E-state index >= 15 is 0 Å². The van der Waals surface area contributed by atoms with Crippen molar-refractivity contribution in [3.63, 3.8) is 0 Å². The van der Waals surface area contributed by atoms with E-state index in [2.05, 4.69) is 10.3 Å². The van der Waals surface area contributed by atoms with Crippen molar-refractivity contribution in [2.75, 3.05) is 5.32 Å². The van der Waals surface area contributed by atoms with Crippen LogP contribution in [0.3, 0.4) is 0 Å². The quantitative estimate of drug-likeness (QED) is 0.891. The summed E-state index contributed by atoms with van der Waals surface area (Å²) in [6.07, 6.45) is 1.33. The topological polar surface area (TPSA) is 55.1 Å². The van der Waals surface area contributed by atoms with E-state index in [9.17, 15) is 4.79 Å². The van der Waals surface area contributed by atoms with E-state index in [0.717, 1.165) is 5.56 Å².